The first-order chi connectivity index (χ1) is 11.0. The maximum Gasteiger partial charge on any atom is 0.238 e. The fourth-order valence-electron chi connectivity index (χ4n) is 2.84. The van der Waals surface area contributed by atoms with E-state index in [0.29, 0.717) is 19.5 Å². The summed E-state index contributed by atoms with van der Waals surface area (Å²) in [4.78, 5) is 16.4. The van der Waals surface area contributed by atoms with Gasteiger partial charge in [-0.2, -0.15) is 0 Å². The van der Waals surface area contributed by atoms with Gasteiger partial charge in [-0.05, 0) is 63.9 Å². The van der Waals surface area contributed by atoms with E-state index in [9.17, 15) is 9.90 Å². The van der Waals surface area contributed by atoms with E-state index >= 15 is 0 Å². The Bertz CT molecular complexity index is 482. The zero-order valence-electron chi connectivity index (χ0n) is 14.3. The Hall–Kier alpha value is -1.59. The first-order valence-electron chi connectivity index (χ1n) is 8.56. The van der Waals surface area contributed by atoms with E-state index in [2.05, 4.69) is 22.3 Å². The molecule has 23 heavy (non-hydrogen) atoms. The average Bonchev–Trinajstić information content (AvgIpc) is 2.54. The first kappa shape index (κ1) is 17.8. The van der Waals surface area contributed by atoms with Crippen LogP contribution in [-0.4, -0.2) is 55.2 Å². The van der Waals surface area contributed by atoms with Crippen LogP contribution in [0.25, 0.3) is 0 Å². The van der Waals surface area contributed by atoms with Crippen molar-refractivity contribution >= 4 is 17.3 Å². The second-order valence-corrected chi connectivity index (χ2v) is 6.52. The Kier molecular flexibility index (Phi) is 6.86. The number of piperidine rings is 1. The molecular weight excluding hydrogens is 290 g/mol. The number of amides is 1. The maximum absolute atomic E-state index is 12.0. The highest BCUT2D eigenvalue weighted by Gasteiger charge is 2.11. The monoisotopic (exact) mass is 319 g/mol. The lowest BCUT2D eigenvalue weighted by Crippen LogP contribution is -2.32. The van der Waals surface area contributed by atoms with E-state index in [1.54, 1.807) is 6.92 Å². The summed E-state index contributed by atoms with van der Waals surface area (Å²) < 4.78 is 0. The fourth-order valence-corrected chi connectivity index (χ4v) is 2.84. The molecule has 1 fully saturated rings. The van der Waals surface area contributed by atoms with E-state index in [1.165, 1.54) is 24.9 Å². The predicted molar refractivity (Wildman–Crippen MR) is 94.9 cm³/mol. The van der Waals surface area contributed by atoms with Crippen molar-refractivity contribution in [3.05, 3.63) is 24.3 Å². The minimum Gasteiger partial charge on any atom is -0.393 e. The van der Waals surface area contributed by atoms with Gasteiger partial charge >= 0.3 is 0 Å². The number of rotatable bonds is 7. The third-order valence-corrected chi connectivity index (χ3v) is 4.21. The molecule has 5 heteroatoms. The van der Waals surface area contributed by atoms with Crippen LogP contribution in [0.5, 0.6) is 0 Å². The standard InChI is InChI=1S/C18H29N3O2/c1-15(22)10-13-20(2)14-18(23)19-16-6-8-17(9-7-16)21-11-4-3-5-12-21/h6-9,15,22H,3-5,10-14H2,1-2H3,(H,19,23). The minimum atomic E-state index is -0.331. The molecule has 1 amide bonds. The van der Waals surface area contributed by atoms with Crippen LogP contribution in [0.15, 0.2) is 24.3 Å². The third kappa shape index (κ3) is 6.20. The SMILES string of the molecule is CC(O)CCN(C)CC(=O)Nc1ccc(N2CCCCC2)cc1. The lowest BCUT2D eigenvalue weighted by atomic mass is 10.1. The Morgan fingerprint density at radius 3 is 2.52 bits per heavy atom. The van der Waals surface area contributed by atoms with Gasteiger partial charge in [0.2, 0.25) is 5.91 Å². The van der Waals surface area contributed by atoms with Gasteiger partial charge < -0.3 is 15.3 Å². The maximum atomic E-state index is 12.0. The van der Waals surface area contributed by atoms with Gasteiger partial charge in [0.25, 0.3) is 0 Å². The van der Waals surface area contributed by atoms with Crippen LogP contribution in [-0.2, 0) is 4.79 Å². The van der Waals surface area contributed by atoms with Gasteiger partial charge in [-0.15, -0.1) is 0 Å². The number of hydrogen-bond donors (Lipinski definition) is 2. The molecule has 1 unspecified atom stereocenters. The molecule has 1 aliphatic rings. The number of nitrogens with one attached hydrogen (secondary N) is 1. The molecule has 2 rings (SSSR count). The Morgan fingerprint density at radius 2 is 1.91 bits per heavy atom. The van der Waals surface area contributed by atoms with Crippen molar-refractivity contribution in [1.29, 1.82) is 0 Å². The van der Waals surface area contributed by atoms with Crippen LogP contribution in [0.2, 0.25) is 0 Å². The van der Waals surface area contributed by atoms with Gasteiger partial charge in [0, 0.05) is 31.0 Å². The molecule has 0 spiro atoms. The van der Waals surface area contributed by atoms with E-state index in [1.807, 2.05) is 24.1 Å². The molecule has 0 radical (unpaired) electrons. The number of likely N-dealkylation sites (N-methyl/N-ethyl adjacent to an activating group) is 1. The molecule has 0 aliphatic carbocycles. The molecule has 1 heterocycles. The van der Waals surface area contributed by atoms with Gasteiger partial charge in [0.05, 0.1) is 12.6 Å². The van der Waals surface area contributed by atoms with Crippen molar-refractivity contribution in [2.75, 3.05) is 43.4 Å². The van der Waals surface area contributed by atoms with Gasteiger partial charge in [0.15, 0.2) is 0 Å². The highest BCUT2D eigenvalue weighted by Crippen LogP contribution is 2.21. The number of nitrogens with zero attached hydrogens (tertiary/aromatic N) is 2. The van der Waals surface area contributed by atoms with Crippen molar-refractivity contribution in [3.8, 4) is 0 Å². The highest BCUT2D eigenvalue weighted by molar-refractivity contribution is 5.92. The Morgan fingerprint density at radius 1 is 1.26 bits per heavy atom. The summed E-state index contributed by atoms with van der Waals surface area (Å²) in [6.07, 6.45) is 4.19. The Balaban J connectivity index is 1.79. The number of carbonyl (C=O) groups excluding carboxylic acids is 1. The van der Waals surface area contributed by atoms with Crippen LogP contribution in [0.3, 0.4) is 0 Å². The molecule has 2 N–H and O–H groups in total. The molecule has 0 bridgehead atoms. The second kappa shape index (κ2) is 8.89. The summed E-state index contributed by atoms with van der Waals surface area (Å²) >= 11 is 0. The number of benzene rings is 1. The molecule has 1 aromatic carbocycles. The molecule has 128 valence electrons. The third-order valence-electron chi connectivity index (χ3n) is 4.21. The summed E-state index contributed by atoms with van der Waals surface area (Å²) in [7, 11) is 1.89. The van der Waals surface area contributed by atoms with E-state index in [0.717, 1.165) is 18.8 Å². The summed E-state index contributed by atoms with van der Waals surface area (Å²) in [6.45, 7) is 5.05. The number of carbonyl (C=O) groups is 1. The van der Waals surface area contributed by atoms with Gasteiger partial charge in [-0.25, -0.2) is 0 Å². The summed E-state index contributed by atoms with van der Waals surface area (Å²) in [5.41, 5.74) is 2.07. The van der Waals surface area contributed by atoms with E-state index in [4.69, 9.17) is 0 Å². The van der Waals surface area contributed by atoms with E-state index < -0.39 is 0 Å². The zero-order chi connectivity index (χ0) is 16.7. The van der Waals surface area contributed by atoms with Crippen LogP contribution in [0.1, 0.15) is 32.6 Å². The lowest BCUT2D eigenvalue weighted by Gasteiger charge is -2.28. The van der Waals surface area contributed by atoms with Gasteiger partial charge in [0.1, 0.15) is 0 Å². The molecule has 5 nitrogen and oxygen atoms in total. The molecule has 0 saturated carbocycles. The summed E-state index contributed by atoms with van der Waals surface area (Å²) in [6, 6.07) is 8.10. The molecule has 1 atom stereocenters. The van der Waals surface area contributed by atoms with Crippen molar-refractivity contribution in [1.82, 2.24) is 4.90 Å². The lowest BCUT2D eigenvalue weighted by molar-refractivity contribution is -0.117. The first-order valence-corrected chi connectivity index (χ1v) is 8.56. The number of aliphatic hydroxyl groups excluding tert-OH is 1. The van der Waals surface area contributed by atoms with Crippen LogP contribution in [0.4, 0.5) is 11.4 Å². The number of hydrogen-bond acceptors (Lipinski definition) is 4. The van der Waals surface area contributed by atoms with Crippen LogP contribution >= 0.6 is 0 Å². The minimum absolute atomic E-state index is 0.0242. The van der Waals surface area contributed by atoms with E-state index in [-0.39, 0.29) is 12.0 Å². The topological polar surface area (TPSA) is 55.8 Å². The average molecular weight is 319 g/mol. The summed E-state index contributed by atoms with van der Waals surface area (Å²) in [5, 5.41) is 12.2. The molecule has 1 aliphatic heterocycles. The van der Waals surface area contributed by atoms with Crippen molar-refractivity contribution in [3.63, 3.8) is 0 Å². The number of aliphatic hydroxyl groups is 1. The fraction of sp³-hybridized carbons (Fsp3) is 0.611. The Labute approximate surface area is 139 Å². The van der Waals surface area contributed by atoms with Gasteiger partial charge in [-0.1, -0.05) is 0 Å². The van der Waals surface area contributed by atoms with Crippen molar-refractivity contribution in [2.24, 2.45) is 0 Å². The van der Waals surface area contributed by atoms with Crippen molar-refractivity contribution < 1.29 is 9.90 Å². The molecular formula is C18H29N3O2. The van der Waals surface area contributed by atoms with Crippen LogP contribution in [0, 0.1) is 0 Å². The zero-order valence-corrected chi connectivity index (χ0v) is 14.3. The summed E-state index contributed by atoms with van der Waals surface area (Å²) in [5.74, 6) is -0.0242. The smallest absolute Gasteiger partial charge is 0.238 e. The quantitative estimate of drug-likeness (QED) is 0.810. The predicted octanol–water partition coefficient (Wildman–Crippen LogP) is 2.32. The van der Waals surface area contributed by atoms with Crippen molar-refractivity contribution in [2.45, 2.75) is 38.7 Å². The highest BCUT2D eigenvalue weighted by atomic mass is 16.3. The normalized spacial score (nSPS) is 16.4. The largest absolute Gasteiger partial charge is 0.393 e. The molecule has 1 saturated heterocycles. The molecule has 1 aromatic rings. The molecule has 0 aromatic heterocycles. The second-order valence-electron chi connectivity index (χ2n) is 6.52. The number of anilines is 2. The van der Waals surface area contributed by atoms with Crippen LogP contribution < -0.4 is 10.2 Å². The van der Waals surface area contributed by atoms with Gasteiger partial charge in [-0.3, -0.25) is 9.69 Å².